The third-order valence-electron chi connectivity index (χ3n) is 4.79. The Morgan fingerprint density at radius 3 is 2.63 bits per heavy atom. The molecule has 0 saturated heterocycles. The molecule has 2 heterocycles. The van der Waals surface area contributed by atoms with Crippen LogP contribution in [0.2, 0.25) is 10.0 Å². The fourth-order valence-corrected chi connectivity index (χ4v) is 6.47. The van der Waals surface area contributed by atoms with Gasteiger partial charge in [0, 0.05) is 33.3 Å². The Bertz CT molecular complexity index is 1260. The van der Waals surface area contributed by atoms with Gasteiger partial charge in [-0.3, -0.25) is 0 Å². The maximum atomic E-state index is 10.9. The molecule has 158 valence electrons. The molecule has 1 aliphatic rings. The standard InChI is InChI=1S/C20H18Cl2N2O3S3/c1-23-15-10-13(21)4-6-17(15)28-19(23)12-20-24(8-2-3-9-30(25,26)27)16-11-14(22)5-7-18(16)29-20/h4-7,10-12H,2-3,8-9H2,1H3. The maximum absolute atomic E-state index is 10.9. The summed E-state index contributed by atoms with van der Waals surface area (Å²) in [5, 5.41) is 3.44. The topological polar surface area (TPSA) is 64.3 Å². The van der Waals surface area contributed by atoms with Gasteiger partial charge in [-0.25, -0.2) is 8.42 Å². The van der Waals surface area contributed by atoms with E-state index >= 15 is 0 Å². The molecule has 1 aliphatic heterocycles. The van der Waals surface area contributed by atoms with Crippen LogP contribution >= 0.6 is 46.3 Å². The zero-order chi connectivity index (χ0) is 21.5. The van der Waals surface area contributed by atoms with Crippen molar-refractivity contribution in [2.24, 2.45) is 7.05 Å². The molecule has 1 aromatic heterocycles. The predicted molar refractivity (Wildman–Crippen MR) is 124 cm³/mol. The fraction of sp³-hybridized carbons (Fsp3) is 0.250. The molecule has 0 saturated carbocycles. The van der Waals surface area contributed by atoms with Crippen molar-refractivity contribution in [3.63, 3.8) is 0 Å². The number of hydrogen-bond acceptors (Lipinski definition) is 6. The summed E-state index contributed by atoms with van der Waals surface area (Å²) >= 11 is 15.7. The monoisotopic (exact) mass is 500 g/mol. The minimum absolute atomic E-state index is 0.325. The third kappa shape index (κ3) is 4.79. The predicted octanol–water partition coefficient (Wildman–Crippen LogP) is 5.27. The van der Waals surface area contributed by atoms with Crippen LogP contribution in [0.3, 0.4) is 0 Å². The minimum Gasteiger partial charge on any atom is -0.748 e. The molecule has 0 atom stereocenters. The van der Waals surface area contributed by atoms with Crippen LogP contribution in [0.15, 0.2) is 46.3 Å². The molecular weight excluding hydrogens is 483 g/mol. The Kier molecular flexibility index (Phi) is 6.35. The van der Waals surface area contributed by atoms with Crippen LogP contribution in [0.1, 0.15) is 17.8 Å². The molecule has 0 N–H and O–H groups in total. The van der Waals surface area contributed by atoms with E-state index in [1.165, 1.54) is 0 Å². The lowest BCUT2D eigenvalue weighted by atomic mass is 10.2. The van der Waals surface area contributed by atoms with Crippen molar-refractivity contribution in [3.8, 4) is 0 Å². The second-order valence-corrected chi connectivity index (χ2v) is 11.4. The molecule has 5 nitrogen and oxygen atoms in total. The van der Waals surface area contributed by atoms with Crippen LogP contribution < -0.4 is 9.47 Å². The van der Waals surface area contributed by atoms with Crippen LogP contribution in [0.4, 0.5) is 5.69 Å². The lowest BCUT2D eigenvalue weighted by Crippen LogP contribution is -2.29. The Morgan fingerprint density at radius 2 is 1.87 bits per heavy atom. The highest BCUT2D eigenvalue weighted by Gasteiger charge is 2.27. The second-order valence-electron chi connectivity index (χ2n) is 6.93. The van der Waals surface area contributed by atoms with E-state index in [0.717, 1.165) is 30.8 Å². The molecule has 0 bridgehead atoms. The number of aromatic nitrogens is 1. The maximum Gasteiger partial charge on any atom is 0.265 e. The number of thiazole rings is 1. The number of hydrogen-bond donors (Lipinski definition) is 0. The molecule has 10 heteroatoms. The molecule has 30 heavy (non-hydrogen) atoms. The highest BCUT2D eigenvalue weighted by Crippen LogP contribution is 2.47. The minimum atomic E-state index is -4.20. The van der Waals surface area contributed by atoms with E-state index in [4.69, 9.17) is 23.2 Å². The summed E-state index contributed by atoms with van der Waals surface area (Å²) in [6.45, 7) is 0.599. The van der Waals surface area contributed by atoms with E-state index in [2.05, 4.69) is 15.5 Å². The molecule has 3 aromatic rings. The average Bonchev–Trinajstić information content (AvgIpc) is 3.16. The summed E-state index contributed by atoms with van der Waals surface area (Å²) in [5.41, 5.74) is 2.06. The van der Waals surface area contributed by atoms with Gasteiger partial charge < -0.3 is 9.45 Å². The fourth-order valence-electron chi connectivity index (χ4n) is 3.33. The van der Waals surface area contributed by atoms with E-state index in [1.54, 1.807) is 23.1 Å². The SMILES string of the molecule is C[n+]1c(C=C2Sc3ccc(Cl)cc3N2CCCCS(=O)(=O)[O-])sc2ccc(Cl)cc21. The number of unbranched alkanes of at least 4 members (excludes halogenated alkanes) is 1. The first-order chi connectivity index (χ1) is 14.2. The van der Waals surface area contributed by atoms with Gasteiger partial charge in [-0.15, -0.1) is 0 Å². The number of thioether (sulfide) groups is 1. The van der Waals surface area contributed by atoms with Crippen molar-refractivity contribution in [1.82, 2.24) is 0 Å². The van der Waals surface area contributed by atoms with Crippen LogP contribution in [0.5, 0.6) is 0 Å². The molecule has 0 spiro atoms. The molecule has 0 unspecified atom stereocenters. The number of anilines is 1. The highest BCUT2D eigenvalue weighted by molar-refractivity contribution is 8.03. The zero-order valence-corrected chi connectivity index (χ0v) is 19.9. The van der Waals surface area contributed by atoms with Crippen molar-refractivity contribution in [3.05, 3.63) is 56.5 Å². The van der Waals surface area contributed by atoms with Gasteiger partial charge in [0.15, 0.2) is 0 Å². The van der Waals surface area contributed by atoms with Crippen molar-refractivity contribution in [2.75, 3.05) is 17.2 Å². The van der Waals surface area contributed by atoms with Gasteiger partial charge >= 0.3 is 0 Å². The van der Waals surface area contributed by atoms with Gasteiger partial charge in [0.05, 0.1) is 26.9 Å². The first-order valence-electron chi connectivity index (χ1n) is 9.19. The summed E-state index contributed by atoms with van der Waals surface area (Å²) in [6.07, 6.45) is 3.03. The van der Waals surface area contributed by atoms with Crippen molar-refractivity contribution in [2.45, 2.75) is 17.7 Å². The van der Waals surface area contributed by atoms with E-state index in [1.807, 2.05) is 43.4 Å². The van der Waals surface area contributed by atoms with E-state index < -0.39 is 10.1 Å². The van der Waals surface area contributed by atoms with Gasteiger partial charge in [-0.1, -0.05) is 46.3 Å². The number of aryl methyl sites for hydroxylation is 1. The summed E-state index contributed by atoms with van der Waals surface area (Å²) in [7, 11) is -2.19. The molecule has 2 aromatic carbocycles. The van der Waals surface area contributed by atoms with E-state index in [9.17, 15) is 13.0 Å². The molecule has 0 fully saturated rings. The highest BCUT2D eigenvalue weighted by atomic mass is 35.5. The molecular formula is C20H18Cl2N2O3S3. The van der Waals surface area contributed by atoms with Crippen molar-refractivity contribution in [1.29, 1.82) is 0 Å². The Hall–Kier alpha value is -1.29. The smallest absolute Gasteiger partial charge is 0.265 e. The zero-order valence-electron chi connectivity index (χ0n) is 16.0. The van der Waals surface area contributed by atoms with E-state index in [-0.39, 0.29) is 5.75 Å². The lowest BCUT2D eigenvalue weighted by molar-refractivity contribution is -0.642. The second kappa shape index (κ2) is 8.68. The van der Waals surface area contributed by atoms with Crippen molar-refractivity contribution >= 4 is 78.4 Å². The van der Waals surface area contributed by atoms with Gasteiger partial charge in [0.1, 0.15) is 11.7 Å². The first-order valence-corrected chi connectivity index (χ1v) is 13.2. The molecule has 0 amide bonds. The van der Waals surface area contributed by atoms with E-state index in [0.29, 0.717) is 29.4 Å². The van der Waals surface area contributed by atoms with Crippen LogP contribution in [0, 0.1) is 0 Å². The average molecular weight is 501 g/mol. The third-order valence-corrected chi connectivity index (χ3v) is 8.33. The van der Waals surface area contributed by atoms with Gasteiger partial charge in [0.25, 0.3) is 5.01 Å². The van der Waals surface area contributed by atoms with Crippen molar-refractivity contribution < 1.29 is 17.5 Å². The molecule has 0 aliphatic carbocycles. The molecule has 4 rings (SSSR count). The number of rotatable bonds is 6. The van der Waals surface area contributed by atoms with Gasteiger partial charge in [-0.05, 0) is 43.2 Å². The number of halogens is 2. The van der Waals surface area contributed by atoms with Gasteiger partial charge in [-0.2, -0.15) is 4.57 Å². The lowest BCUT2D eigenvalue weighted by Gasteiger charge is -2.20. The van der Waals surface area contributed by atoms with Crippen LogP contribution in [-0.2, 0) is 17.2 Å². The summed E-state index contributed by atoms with van der Waals surface area (Å²) < 4.78 is 36.0. The van der Waals surface area contributed by atoms with Crippen LogP contribution in [0.25, 0.3) is 16.3 Å². The Balaban J connectivity index is 1.66. The van der Waals surface area contributed by atoms with Gasteiger partial charge in [0.2, 0.25) is 5.52 Å². The Labute approximate surface area is 193 Å². The normalized spacial score (nSPS) is 15.3. The van der Waals surface area contributed by atoms with Crippen LogP contribution in [-0.4, -0.2) is 25.3 Å². The largest absolute Gasteiger partial charge is 0.748 e. The number of benzene rings is 2. The Morgan fingerprint density at radius 1 is 1.13 bits per heavy atom. The summed E-state index contributed by atoms with van der Waals surface area (Å²) in [6, 6.07) is 11.6. The first kappa shape index (κ1) is 21.9. The summed E-state index contributed by atoms with van der Waals surface area (Å²) in [4.78, 5) is 3.23. The quantitative estimate of drug-likeness (QED) is 0.262. The molecule has 0 radical (unpaired) electrons. The number of fused-ring (bicyclic) bond motifs is 2. The summed E-state index contributed by atoms with van der Waals surface area (Å²) in [5.74, 6) is -0.346. The number of nitrogens with zero attached hydrogens (tertiary/aromatic N) is 2.